The molecular formula is C33H46N2O3S. The van der Waals surface area contributed by atoms with Crippen LogP contribution < -0.4 is 4.74 Å². The monoisotopic (exact) mass is 550 g/mol. The van der Waals surface area contributed by atoms with Crippen molar-refractivity contribution in [2.75, 3.05) is 19.7 Å². The van der Waals surface area contributed by atoms with Gasteiger partial charge in [0.05, 0.1) is 6.61 Å². The smallest absolute Gasteiger partial charge is 0.303 e. The summed E-state index contributed by atoms with van der Waals surface area (Å²) in [6.45, 7) is 9.85. The summed E-state index contributed by atoms with van der Waals surface area (Å²) in [5.41, 5.74) is 4.16. The van der Waals surface area contributed by atoms with Gasteiger partial charge in [0.25, 0.3) is 0 Å². The molecule has 1 aromatic heterocycles. The number of aryl methyl sites for hydroxylation is 1. The summed E-state index contributed by atoms with van der Waals surface area (Å²) in [6, 6.07) is 16.0. The zero-order valence-electron chi connectivity index (χ0n) is 24.0. The SMILES string of the molecule is CCCOc1ccc(Sc2ccc3[nH]c(CCCCCCC(=O)O)c(C4CCN(C(C)CC)CC4)c3c2)cc1. The van der Waals surface area contributed by atoms with Gasteiger partial charge in [0.15, 0.2) is 0 Å². The van der Waals surface area contributed by atoms with Crippen LogP contribution in [0.2, 0.25) is 0 Å². The number of benzene rings is 2. The molecule has 212 valence electrons. The molecule has 2 heterocycles. The van der Waals surface area contributed by atoms with E-state index in [0.29, 0.717) is 12.0 Å². The molecule has 0 saturated carbocycles. The number of carboxylic acids is 1. The van der Waals surface area contributed by atoms with Crippen molar-refractivity contribution in [2.45, 2.75) is 107 Å². The highest BCUT2D eigenvalue weighted by molar-refractivity contribution is 7.99. The summed E-state index contributed by atoms with van der Waals surface area (Å²) in [7, 11) is 0. The Morgan fingerprint density at radius 3 is 2.46 bits per heavy atom. The average molecular weight is 551 g/mol. The van der Waals surface area contributed by atoms with E-state index < -0.39 is 5.97 Å². The fraction of sp³-hybridized carbons (Fsp3) is 0.545. The topological polar surface area (TPSA) is 65.6 Å². The van der Waals surface area contributed by atoms with Crippen LogP contribution in [0.25, 0.3) is 10.9 Å². The van der Waals surface area contributed by atoms with Gasteiger partial charge in [0, 0.05) is 38.9 Å². The number of ether oxygens (including phenoxy) is 1. The highest BCUT2D eigenvalue weighted by Crippen LogP contribution is 2.39. The molecule has 0 bridgehead atoms. The van der Waals surface area contributed by atoms with Gasteiger partial charge in [-0.25, -0.2) is 0 Å². The first-order chi connectivity index (χ1) is 19.0. The zero-order valence-corrected chi connectivity index (χ0v) is 24.8. The number of hydrogen-bond acceptors (Lipinski definition) is 4. The molecule has 2 aromatic carbocycles. The van der Waals surface area contributed by atoms with Gasteiger partial charge in [-0.1, -0.05) is 38.5 Å². The largest absolute Gasteiger partial charge is 0.494 e. The fourth-order valence-electron chi connectivity index (χ4n) is 5.75. The molecule has 5 nitrogen and oxygen atoms in total. The second-order valence-electron chi connectivity index (χ2n) is 11.0. The minimum absolute atomic E-state index is 0.279. The molecule has 6 heteroatoms. The van der Waals surface area contributed by atoms with Crippen LogP contribution in [0.1, 0.15) is 95.7 Å². The number of aliphatic carboxylic acids is 1. The molecule has 0 amide bonds. The normalized spacial score (nSPS) is 15.6. The van der Waals surface area contributed by atoms with Crippen molar-refractivity contribution in [3.8, 4) is 5.75 Å². The van der Waals surface area contributed by atoms with Crippen molar-refractivity contribution in [1.82, 2.24) is 9.88 Å². The summed E-state index contributed by atoms with van der Waals surface area (Å²) in [6.07, 6.45) is 9.88. The summed E-state index contributed by atoms with van der Waals surface area (Å²) in [4.78, 5) is 19.8. The predicted octanol–water partition coefficient (Wildman–Crippen LogP) is 8.66. The minimum Gasteiger partial charge on any atom is -0.494 e. The number of piperidine rings is 1. The highest BCUT2D eigenvalue weighted by Gasteiger charge is 2.27. The second-order valence-corrected chi connectivity index (χ2v) is 12.2. The Morgan fingerprint density at radius 2 is 1.77 bits per heavy atom. The first kappa shape index (κ1) is 29.5. The summed E-state index contributed by atoms with van der Waals surface area (Å²) in [5, 5.41) is 10.3. The molecule has 1 saturated heterocycles. The van der Waals surface area contributed by atoms with Gasteiger partial charge in [-0.3, -0.25) is 4.79 Å². The molecule has 4 rings (SSSR count). The van der Waals surface area contributed by atoms with Gasteiger partial charge in [0.2, 0.25) is 0 Å². The number of hydrogen-bond donors (Lipinski definition) is 2. The molecule has 0 aliphatic carbocycles. The molecule has 1 aliphatic heterocycles. The van der Waals surface area contributed by atoms with Crippen LogP contribution in [0.5, 0.6) is 5.75 Å². The average Bonchev–Trinajstić information content (AvgIpc) is 3.31. The number of rotatable bonds is 15. The Hall–Kier alpha value is -2.44. The van der Waals surface area contributed by atoms with E-state index in [1.165, 1.54) is 64.3 Å². The quantitative estimate of drug-likeness (QED) is 0.185. The Bertz CT molecular complexity index is 1180. The van der Waals surface area contributed by atoms with Gasteiger partial charge >= 0.3 is 5.97 Å². The van der Waals surface area contributed by atoms with Gasteiger partial charge in [-0.15, -0.1) is 0 Å². The molecule has 0 spiro atoms. The fourth-order valence-corrected chi connectivity index (χ4v) is 6.61. The molecule has 0 radical (unpaired) electrons. The number of unbranched alkanes of at least 4 members (excludes halogenated alkanes) is 3. The van der Waals surface area contributed by atoms with E-state index >= 15 is 0 Å². The van der Waals surface area contributed by atoms with E-state index in [2.05, 4.69) is 73.1 Å². The maximum Gasteiger partial charge on any atom is 0.303 e. The molecule has 39 heavy (non-hydrogen) atoms. The van der Waals surface area contributed by atoms with E-state index in [9.17, 15) is 4.79 Å². The number of carboxylic acid groups (broad SMARTS) is 1. The van der Waals surface area contributed by atoms with Gasteiger partial charge in [-0.05, 0) is 119 Å². The molecule has 1 atom stereocenters. The molecule has 1 fully saturated rings. The number of aromatic nitrogens is 1. The third-order valence-electron chi connectivity index (χ3n) is 8.14. The van der Waals surface area contributed by atoms with E-state index in [-0.39, 0.29) is 6.42 Å². The second kappa shape index (κ2) is 14.8. The van der Waals surface area contributed by atoms with Crippen molar-refractivity contribution in [3.63, 3.8) is 0 Å². The number of carbonyl (C=O) groups is 1. The lowest BCUT2D eigenvalue weighted by atomic mass is 9.86. The van der Waals surface area contributed by atoms with Gasteiger partial charge in [-0.2, -0.15) is 0 Å². The van der Waals surface area contributed by atoms with Gasteiger partial charge in [0.1, 0.15) is 5.75 Å². The summed E-state index contributed by atoms with van der Waals surface area (Å²) < 4.78 is 5.75. The lowest BCUT2D eigenvalue weighted by Crippen LogP contribution is -2.39. The van der Waals surface area contributed by atoms with Crippen LogP contribution >= 0.6 is 11.8 Å². The number of nitrogens with one attached hydrogen (secondary N) is 1. The van der Waals surface area contributed by atoms with Crippen LogP contribution in [-0.2, 0) is 11.2 Å². The van der Waals surface area contributed by atoms with Crippen molar-refractivity contribution < 1.29 is 14.6 Å². The van der Waals surface area contributed by atoms with Crippen molar-refractivity contribution in [2.24, 2.45) is 0 Å². The van der Waals surface area contributed by atoms with Crippen LogP contribution in [0.3, 0.4) is 0 Å². The summed E-state index contributed by atoms with van der Waals surface area (Å²) >= 11 is 1.81. The van der Waals surface area contributed by atoms with Crippen LogP contribution in [-0.4, -0.2) is 46.7 Å². The Labute approximate surface area is 238 Å². The number of aromatic amines is 1. The third kappa shape index (κ3) is 8.28. The Morgan fingerprint density at radius 1 is 1.05 bits per heavy atom. The van der Waals surface area contributed by atoms with E-state index in [4.69, 9.17) is 9.84 Å². The van der Waals surface area contributed by atoms with Crippen molar-refractivity contribution in [3.05, 3.63) is 53.7 Å². The standard InChI is InChI=1S/C33H46N2O3S/c1-4-22-38-26-12-14-27(15-13-26)39-28-16-17-30-29(23-28)33(25-18-20-35(21-19-25)24(3)5-2)31(34-30)10-8-6-7-9-11-32(36)37/h12-17,23-25,34H,4-11,18-22H2,1-3H3,(H,36,37). The number of H-pyrrole nitrogens is 1. The maximum absolute atomic E-state index is 10.8. The van der Waals surface area contributed by atoms with E-state index in [0.717, 1.165) is 50.9 Å². The predicted molar refractivity (Wildman–Crippen MR) is 162 cm³/mol. The number of nitrogens with zero attached hydrogens (tertiary/aromatic N) is 1. The van der Waals surface area contributed by atoms with E-state index in [1.54, 1.807) is 0 Å². The lowest BCUT2D eigenvalue weighted by molar-refractivity contribution is -0.137. The minimum atomic E-state index is -0.689. The maximum atomic E-state index is 10.8. The highest BCUT2D eigenvalue weighted by atomic mass is 32.2. The molecule has 1 unspecified atom stereocenters. The number of likely N-dealkylation sites (tertiary alicyclic amines) is 1. The Balaban J connectivity index is 1.52. The molecule has 2 N–H and O–H groups in total. The van der Waals surface area contributed by atoms with Crippen LogP contribution in [0, 0.1) is 0 Å². The molecular weight excluding hydrogens is 504 g/mol. The van der Waals surface area contributed by atoms with Crippen LogP contribution in [0.15, 0.2) is 52.3 Å². The first-order valence-electron chi connectivity index (χ1n) is 15.0. The first-order valence-corrected chi connectivity index (χ1v) is 15.8. The zero-order chi connectivity index (χ0) is 27.6. The van der Waals surface area contributed by atoms with Crippen LogP contribution in [0.4, 0.5) is 0 Å². The lowest BCUT2D eigenvalue weighted by Gasteiger charge is -2.36. The van der Waals surface area contributed by atoms with Crippen molar-refractivity contribution >= 4 is 28.6 Å². The molecule has 1 aliphatic rings. The van der Waals surface area contributed by atoms with Crippen molar-refractivity contribution in [1.29, 1.82) is 0 Å². The third-order valence-corrected chi connectivity index (χ3v) is 9.14. The number of fused-ring (bicyclic) bond motifs is 1. The molecule has 3 aromatic rings. The van der Waals surface area contributed by atoms with Gasteiger partial charge < -0.3 is 19.7 Å². The Kier molecular flexibility index (Phi) is 11.2. The summed E-state index contributed by atoms with van der Waals surface area (Å²) in [5.74, 6) is 0.823. The van der Waals surface area contributed by atoms with E-state index in [1.807, 2.05) is 11.8 Å².